The number of hydrogen-bond donors (Lipinski definition) is 2. The maximum Gasteiger partial charge on any atom is 0.405 e. The van der Waals surface area contributed by atoms with E-state index in [0.29, 0.717) is 5.56 Å². The van der Waals surface area contributed by atoms with Gasteiger partial charge < -0.3 is 11.1 Å². The Morgan fingerprint density at radius 1 is 1.44 bits per heavy atom. The fraction of sp³-hybridized carbons (Fsp3) is 0.300. The van der Waals surface area contributed by atoms with Crippen LogP contribution in [0.3, 0.4) is 0 Å². The molecule has 0 saturated carbocycles. The zero-order valence-electron chi connectivity index (χ0n) is 8.56. The third-order valence-corrected chi connectivity index (χ3v) is 1.92. The van der Waals surface area contributed by atoms with Crippen LogP contribution in [0.4, 0.5) is 24.5 Å². The van der Waals surface area contributed by atoms with Crippen molar-refractivity contribution in [1.29, 1.82) is 0 Å². The molecule has 16 heavy (non-hydrogen) atoms. The molecule has 0 fully saturated rings. The number of rotatable bonds is 3. The minimum Gasteiger partial charge on any atom is -0.398 e. The average molecular weight is 232 g/mol. The van der Waals surface area contributed by atoms with E-state index in [2.05, 4.69) is 5.32 Å². The number of hydrogen-bond acceptors (Lipinski definition) is 3. The summed E-state index contributed by atoms with van der Waals surface area (Å²) in [6, 6.07) is 4.09. The van der Waals surface area contributed by atoms with Crippen LogP contribution in [0.5, 0.6) is 0 Å². The van der Waals surface area contributed by atoms with Crippen LogP contribution in [0.2, 0.25) is 0 Å². The highest BCUT2D eigenvalue weighted by molar-refractivity contribution is 5.99. The van der Waals surface area contributed by atoms with Crippen molar-refractivity contribution in [2.24, 2.45) is 0 Å². The molecule has 3 N–H and O–H groups in total. The van der Waals surface area contributed by atoms with Crippen molar-refractivity contribution >= 4 is 17.2 Å². The lowest BCUT2D eigenvalue weighted by atomic mass is 10.1. The lowest BCUT2D eigenvalue weighted by Gasteiger charge is -2.11. The minimum atomic E-state index is -4.28. The third kappa shape index (κ3) is 3.45. The molecule has 88 valence electrons. The van der Waals surface area contributed by atoms with Gasteiger partial charge in [0.15, 0.2) is 5.78 Å². The predicted octanol–water partition coefficient (Wildman–Crippen LogP) is 2.45. The number of halogens is 3. The van der Waals surface area contributed by atoms with E-state index in [-0.39, 0.29) is 17.2 Å². The summed E-state index contributed by atoms with van der Waals surface area (Å²) in [5, 5.41) is 2.18. The topological polar surface area (TPSA) is 55.1 Å². The van der Waals surface area contributed by atoms with Crippen LogP contribution >= 0.6 is 0 Å². The molecule has 0 bridgehead atoms. The van der Waals surface area contributed by atoms with Crippen LogP contribution in [0.25, 0.3) is 0 Å². The van der Waals surface area contributed by atoms with Gasteiger partial charge in [-0.05, 0) is 25.1 Å². The Bertz CT molecular complexity index is 402. The van der Waals surface area contributed by atoms with Crippen molar-refractivity contribution in [3.05, 3.63) is 23.8 Å². The molecule has 0 aliphatic rings. The van der Waals surface area contributed by atoms with Crippen molar-refractivity contribution < 1.29 is 18.0 Å². The fourth-order valence-electron chi connectivity index (χ4n) is 1.20. The zero-order chi connectivity index (χ0) is 12.3. The predicted molar refractivity (Wildman–Crippen MR) is 55.4 cm³/mol. The van der Waals surface area contributed by atoms with Crippen molar-refractivity contribution in [2.45, 2.75) is 13.1 Å². The van der Waals surface area contributed by atoms with Crippen LogP contribution in [0, 0.1) is 0 Å². The third-order valence-electron chi connectivity index (χ3n) is 1.92. The van der Waals surface area contributed by atoms with Crippen LogP contribution in [0.1, 0.15) is 17.3 Å². The maximum absolute atomic E-state index is 11.9. The summed E-state index contributed by atoms with van der Waals surface area (Å²) in [6.45, 7) is 0.209. The molecule has 0 aliphatic carbocycles. The molecular formula is C10H11F3N2O. The first kappa shape index (κ1) is 12.4. The van der Waals surface area contributed by atoms with Crippen molar-refractivity contribution in [1.82, 2.24) is 0 Å². The Labute approximate surface area is 90.4 Å². The van der Waals surface area contributed by atoms with Gasteiger partial charge in [0.05, 0.1) is 0 Å². The van der Waals surface area contributed by atoms with E-state index in [1.165, 1.54) is 25.1 Å². The monoisotopic (exact) mass is 232 g/mol. The molecule has 1 aromatic rings. The van der Waals surface area contributed by atoms with Gasteiger partial charge in [-0.1, -0.05) is 0 Å². The summed E-state index contributed by atoms with van der Waals surface area (Å²) >= 11 is 0. The van der Waals surface area contributed by atoms with E-state index in [1.807, 2.05) is 0 Å². The van der Waals surface area contributed by atoms with E-state index in [1.54, 1.807) is 0 Å². The number of carbonyl (C=O) groups is 1. The maximum atomic E-state index is 11.9. The van der Waals surface area contributed by atoms with Crippen molar-refractivity contribution in [3.8, 4) is 0 Å². The number of ketones is 1. The summed E-state index contributed by atoms with van der Waals surface area (Å²) in [7, 11) is 0. The number of nitrogens with one attached hydrogen (secondary N) is 1. The molecule has 0 radical (unpaired) electrons. The first-order valence-corrected chi connectivity index (χ1v) is 4.50. The molecule has 0 aromatic heterocycles. The highest BCUT2D eigenvalue weighted by Crippen LogP contribution is 2.21. The Morgan fingerprint density at radius 2 is 2.06 bits per heavy atom. The van der Waals surface area contributed by atoms with Crippen LogP contribution < -0.4 is 11.1 Å². The van der Waals surface area contributed by atoms with Crippen molar-refractivity contribution in [3.63, 3.8) is 0 Å². The van der Waals surface area contributed by atoms with Crippen LogP contribution in [0.15, 0.2) is 18.2 Å². The summed E-state index contributed by atoms with van der Waals surface area (Å²) in [6.07, 6.45) is -4.28. The molecule has 1 rings (SSSR count). The molecule has 0 aliphatic heterocycles. The highest BCUT2D eigenvalue weighted by atomic mass is 19.4. The lowest BCUT2D eigenvalue weighted by molar-refractivity contribution is -0.115. The fourth-order valence-corrected chi connectivity index (χ4v) is 1.20. The van der Waals surface area contributed by atoms with Gasteiger partial charge in [0.2, 0.25) is 0 Å². The second-order valence-corrected chi connectivity index (χ2v) is 3.33. The molecule has 0 unspecified atom stereocenters. The summed E-state index contributed by atoms with van der Waals surface area (Å²) < 4.78 is 35.7. The van der Waals surface area contributed by atoms with Gasteiger partial charge in [-0.2, -0.15) is 13.2 Å². The lowest BCUT2D eigenvalue weighted by Crippen LogP contribution is -2.21. The number of carbonyl (C=O) groups excluding carboxylic acids is 1. The average Bonchev–Trinajstić information content (AvgIpc) is 2.13. The first-order valence-electron chi connectivity index (χ1n) is 4.50. The number of nitrogen functional groups attached to an aromatic ring is 1. The van der Waals surface area contributed by atoms with Crippen LogP contribution in [-0.4, -0.2) is 18.5 Å². The van der Waals surface area contributed by atoms with Gasteiger partial charge in [0.25, 0.3) is 0 Å². The second kappa shape index (κ2) is 4.42. The molecule has 0 saturated heterocycles. The van der Waals surface area contributed by atoms with Gasteiger partial charge in [-0.3, -0.25) is 4.79 Å². The van der Waals surface area contributed by atoms with E-state index in [0.717, 1.165) is 0 Å². The molecule has 1 aromatic carbocycles. The number of Topliss-reactive ketones (excluding diaryl/α,β-unsaturated/α-hetero) is 1. The summed E-state index contributed by atoms with van der Waals surface area (Å²) in [5.41, 5.74) is 6.23. The molecule has 0 heterocycles. The minimum absolute atomic E-state index is 0.166. The molecular weight excluding hydrogens is 221 g/mol. The second-order valence-electron chi connectivity index (χ2n) is 3.33. The standard InChI is InChI=1S/C10H11F3N2O/c1-6(16)8-3-2-7(4-9(8)14)15-5-10(11,12)13/h2-4,15H,5,14H2,1H3. The smallest absolute Gasteiger partial charge is 0.398 e. The van der Waals surface area contributed by atoms with E-state index in [9.17, 15) is 18.0 Å². The SMILES string of the molecule is CC(=O)c1ccc(NCC(F)(F)F)cc1N. The molecule has 0 atom stereocenters. The Hall–Kier alpha value is -1.72. The number of alkyl halides is 3. The Morgan fingerprint density at radius 3 is 2.50 bits per heavy atom. The van der Waals surface area contributed by atoms with Crippen molar-refractivity contribution in [2.75, 3.05) is 17.6 Å². The van der Waals surface area contributed by atoms with Crippen LogP contribution in [-0.2, 0) is 0 Å². The molecule has 0 spiro atoms. The molecule has 0 amide bonds. The van der Waals surface area contributed by atoms with E-state index in [4.69, 9.17) is 5.73 Å². The summed E-state index contributed by atoms with van der Waals surface area (Å²) in [4.78, 5) is 11.0. The molecule has 6 heteroatoms. The quantitative estimate of drug-likeness (QED) is 0.621. The number of nitrogens with two attached hydrogens (primary N) is 1. The largest absolute Gasteiger partial charge is 0.405 e. The normalized spacial score (nSPS) is 11.2. The van der Waals surface area contributed by atoms with Gasteiger partial charge in [0, 0.05) is 16.9 Å². The number of benzene rings is 1. The van der Waals surface area contributed by atoms with Gasteiger partial charge in [-0.25, -0.2) is 0 Å². The van der Waals surface area contributed by atoms with Gasteiger partial charge in [-0.15, -0.1) is 0 Å². The molecule has 3 nitrogen and oxygen atoms in total. The highest BCUT2D eigenvalue weighted by Gasteiger charge is 2.26. The Kier molecular flexibility index (Phi) is 3.41. The van der Waals surface area contributed by atoms with Gasteiger partial charge in [0.1, 0.15) is 6.54 Å². The van der Waals surface area contributed by atoms with Gasteiger partial charge >= 0.3 is 6.18 Å². The number of anilines is 2. The Balaban J connectivity index is 2.78. The zero-order valence-corrected chi connectivity index (χ0v) is 8.56. The van der Waals surface area contributed by atoms with E-state index < -0.39 is 12.7 Å². The first-order chi connectivity index (χ1) is 7.29. The van der Waals surface area contributed by atoms with E-state index >= 15 is 0 Å². The summed E-state index contributed by atoms with van der Waals surface area (Å²) in [5.74, 6) is -0.222.